The van der Waals surface area contributed by atoms with Gasteiger partial charge in [0.2, 0.25) is 5.91 Å². The first-order valence-electron chi connectivity index (χ1n) is 11.2. The van der Waals surface area contributed by atoms with E-state index in [1.165, 1.54) is 0 Å². The first-order chi connectivity index (χ1) is 15.0. The van der Waals surface area contributed by atoms with Crippen LogP contribution >= 0.6 is 0 Å². The van der Waals surface area contributed by atoms with Crippen LogP contribution in [0.3, 0.4) is 0 Å². The molecule has 2 atom stereocenters. The molecule has 6 heteroatoms. The van der Waals surface area contributed by atoms with Crippen LogP contribution in [0.5, 0.6) is 11.5 Å². The lowest BCUT2D eigenvalue weighted by molar-refractivity contribution is -0.127. The summed E-state index contributed by atoms with van der Waals surface area (Å²) < 4.78 is 16.8. The van der Waals surface area contributed by atoms with Gasteiger partial charge in [0.25, 0.3) is 0 Å². The van der Waals surface area contributed by atoms with E-state index in [-0.39, 0.29) is 5.91 Å². The van der Waals surface area contributed by atoms with Crippen LogP contribution in [0.25, 0.3) is 6.08 Å². The molecule has 1 aromatic carbocycles. The molecule has 2 heterocycles. The van der Waals surface area contributed by atoms with Crippen LogP contribution in [0.15, 0.2) is 36.9 Å². The molecule has 2 unspecified atom stereocenters. The van der Waals surface area contributed by atoms with E-state index in [0.29, 0.717) is 36.2 Å². The molecule has 2 fully saturated rings. The lowest BCUT2D eigenvalue weighted by Gasteiger charge is -2.39. The van der Waals surface area contributed by atoms with Crippen molar-refractivity contribution in [1.29, 1.82) is 0 Å². The van der Waals surface area contributed by atoms with Gasteiger partial charge in [-0.05, 0) is 56.4 Å². The van der Waals surface area contributed by atoms with Gasteiger partial charge in [-0.2, -0.15) is 0 Å². The Morgan fingerprint density at radius 2 is 1.90 bits per heavy atom. The van der Waals surface area contributed by atoms with Gasteiger partial charge < -0.3 is 19.1 Å². The first kappa shape index (κ1) is 23.4. The van der Waals surface area contributed by atoms with E-state index < -0.39 is 0 Å². The Hall–Kier alpha value is -2.31. The Bertz CT molecular complexity index is 761. The molecule has 0 spiro atoms. The van der Waals surface area contributed by atoms with Crippen molar-refractivity contribution in [3.63, 3.8) is 0 Å². The number of rotatable bonds is 8. The highest BCUT2D eigenvalue weighted by Gasteiger charge is 2.27. The lowest BCUT2D eigenvalue weighted by Crippen LogP contribution is -2.48. The summed E-state index contributed by atoms with van der Waals surface area (Å²) >= 11 is 0. The fraction of sp³-hybridized carbons (Fsp3) is 0.560. The topological polar surface area (TPSA) is 51.2 Å². The molecule has 2 aliphatic heterocycles. The van der Waals surface area contributed by atoms with Crippen LogP contribution in [0.2, 0.25) is 0 Å². The fourth-order valence-electron chi connectivity index (χ4n) is 4.46. The van der Waals surface area contributed by atoms with Crippen molar-refractivity contribution in [2.75, 3.05) is 46.4 Å². The van der Waals surface area contributed by atoms with E-state index in [2.05, 4.69) is 25.3 Å². The minimum Gasteiger partial charge on any atom is -0.493 e. The van der Waals surface area contributed by atoms with Gasteiger partial charge in [0.1, 0.15) is 6.61 Å². The molecule has 2 aliphatic rings. The number of piperidine rings is 1. The van der Waals surface area contributed by atoms with Crippen molar-refractivity contribution in [2.24, 2.45) is 5.92 Å². The van der Waals surface area contributed by atoms with Gasteiger partial charge in [-0.15, -0.1) is 0 Å². The Kier molecular flexibility index (Phi) is 8.55. The summed E-state index contributed by atoms with van der Waals surface area (Å²) in [7, 11) is 1.61. The molecule has 3 rings (SSSR count). The largest absolute Gasteiger partial charge is 0.493 e. The van der Waals surface area contributed by atoms with Gasteiger partial charge in [0.05, 0.1) is 19.3 Å². The molecule has 0 N–H and O–H groups in total. The summed E-state index contributed by atoms with van der Waals surface area (Å²) in [6.45, 7) is 13.1. The fourth-order valence-corrected chi connectivity index (χ4v) is 4.46. The van der Waals surface area contributed by atoms with Crippen LogP contribution in [-0.4, -0.2) is 74.4 Å². The molecule has 0 saturated carbocycles. The van der Waals surface area contributed by atoms with E-state index in [0.717, 1.165) is 51.1 Å². The van der Waals surface area contributed by atoms with E-state index in [1.807, 2.05) is 29.2 Å². The number of morpholine rings is 1. The normalized spacial score (nSPS) is 23.1. The number of likely N-dealkylation sites (tertiary alicyclic amines) is 1. The molecular weight excluding hydrogens is 392 g/mol. The van der Waals surface area contributed by atoms with Crippen LogP contribution in [0.4, 0.5) is 0 Å². The van der Waals surface area contributed by atoms with Gasteiger partial charge in [-0.1, -0.05) is 18.7 Å². The molecule has 0 bridgehead atoms. The summed E-state index contributed by atoms with van der Waals surface area (Å²) in [6, 6.07) is 5.64. The van der Waals surface area contributed by atoms with Gasteiger partial charge in [0, 0.05) is 38.8 Å². The maximum atomic E-state index is 12.7. The molecule has 0 aliphatic carbocycles. The Balaban J connectivity index is 1.48. The average Bonchev–Trinajstić information content (AvgIpc) is 2.76. The third-order valence-corrected chi connectivity index (χ3v) is 5.90. The second-order valence-corrected chi connectivity index (χ2v) is 8.59. The Labute approximate surface area is 186 Å². The minimum absolute atomic E-state index is 0.0676. The first-order valence-corrected chi connectivity index (χ1v) is 11.2. The number of benzene rings is 1. The molecule has 2 saturated heterocycles. The third kappa shape index (κ3) is 6.84. The highest BCUT2D eigenvalue weighted by molar-refractivity contribution is 5.91. The number of ether oxygens (including phenoxy) is 3. The number of amides is 1. The Morgan fingerprint density at radius 3 is 2.55 bits per heavy atom. The second kappa shape index (κ2) is 11.3. The minimum atomic E-state index is 0.0676. The predicted octanol–water partition coefficient (Wildman–Crippen LogP) is 3.62. The number of hydrogen-bond donors (Lipinski definition) is 0. The zero-order valence-electron chi connectivity index (χ0n) is 19.1. The zero-order chi connectivity index (χ0) is 22.2. The van der Waals surface area contributed by atoms with E-state index in [4.69, 9.17) is 14.2 Å². The third-order valence-electron chi connectivity index (χ3n) is 5.90. The van der Waals surface area contributed by atoms with Crippen LogP contribution in [0, 0.1) is 5.92 Å². The van der Waals surface area contributed by atoms with Crippen LogP contribution in [-0.2, 0) is 9.53 Å². The van der Waals surface area contributed by atoms with Crippen molar-refractivity contribution in [3.05, 3.63) is 42.5 Å². The molecule has 31 heavy (non-hydrogen) atoms. The zero-order valence-corrected chi connectivity index (χ0v) is 19.1. The maximum absolute atomic E-state index is 12.7. The molecule has 170 valence electrons. The second-order valence-electron chi connectivity index (χ2n) is 8.59. The van der Waals surface area contributed by atoms with Crippen molar-refractivity contribution < 1.29 is 19.0 Å². The predicted molar refractivity (Wildman–Crippen MR) is 123 cm³/mol. The number of carbonyl (C=O) groups excluding carboxylic acids is 1. The van der Waals surface area contributed by atoms with E-state index in [9.17, 15) is 4.79 Å². The van der Waals surface area contributed by atoms with Gasteiger partial charge in [-0.3, -0.25) is 9.69 Å². The number of carbonyl (C=O) groups is 1. The molecule has 0 radical (unpaired) electrons. The standard InChI is InChI=1S/C25H36N2O4/c1-5-14-30-23-8-6-21(15-24(23)29-4)7-9-25(28)27-12-10-22(11-13-27)18-26-16-19(2)31-20(3)17-26/h5-9,15,19-20,22H,1,10-14,16-18H2,2-4H3/b9-7+. The van der Waals surface area contributed by atoms with Crippen molar-refractivity contribution >= 4 is 12.0 Å². The summed E-state index contributed by atoms with van der Waals surface area (Å²) in [6.07, 6.45) is 7.91. The van der Waals surface area contributed by atoms with Crippen molar-refractivity contribution in [3.8, 4) is 11.5 Å². The average molecular weight is 429 g/mol. The van der Waals surface area contributed by atoms with Crippen molar-refractivity contribution in [2.45, 2.75) is 38.9 Å². The molecule has 1 aromatic rings. The Morgan fingerprint density at radius 1 is 1.19 bits per heavy atom. The lowest BCUT2D eigenvalue weighted by atomic mass is 9.95. The van der Waals surface area contributed by atoms with Gasteiger partial charge in [-0.25, -0.2) is 0 Å². The summed E-state index contributed by atoms with van der Waals surface area (Å²) in [5.41, 5.74) is 0.904. The number of nitrogens with zero attached hydrogens (tertiary/aromatic N) is 2. The highest BCUT2D eigenvalue weighted by atomic mass is 16.5. The van der Waals surface area contributed by atoms with Gasteiger partial charge in [0.15, 0.2) is 11.5 Å². The highest BCUT2D eigenvalue weighted by Crippen LogP contribution is 2.28. The molecule has 0 aromatic heterocycles. The molecular formula is C25H36N2O4. The maximum Gasteiger partial charge on any atom is 0.246 e. The van der Waals surface area contributed by atoms with Crippen molar-refractivity contribution in [1.82, 2.24) is 9.80 Å². The smallest absolute Gasteiger partial charge is 0.246 e. The summed E-state index contributed by atoms with van der Waals surface area (Å²) in [5, 5.41) is 0. The number of methoxy groups -OCH3 is 1. The monoisotopic (exact) mass is 428 g/mol. The summed E-state index contributed by atoms with van der Waals surface area (Å²) in [4.78, 5) is 17.1. The summed E-state index contributed by atoms with van der Waals surface area (Å²) in [5.74, 6) is 2.02. The van der Waals surface area contributed by atoms with E-state index >= 15 is 0 Å². The molecule has 1 amide bonds. The van der Waals surface area contributed by atoms with E-state index in [1.54, 1.807) is 19.3 Å². The quantitative estimate of drug-likeness (QED) is 0.468. The number of hydrogen-bond acceptors (Lipinski definition) is 5. The van der Waals surface area contributed by atoms with Crippen LogP contribution in [0.1, 0.15) is 32.3 Å². The van der Waals surface area contributed by atoms with Gasteiger partial charge >= 0.3 is 0 Å². The van der Waals surface area contributed by atoms with Crippen LogP contribution < -0.4 is 9.47 Å². The SMILES string of the molecule is C=CCOc1ccc(/C=C/C(=O)N2CCC(CN3CC(C)OC(C)C3)CC2)cc1OC. The molecule has 6 nitrogen and oxygen atoms in total.